The summed E-state index contributed by atoms with van der Waals surface area (Å²) >= 11 is 3.27. The third-order valence-electron chi connectivity index (χ3n) is 1.59. The molecule has 1 rings (SSSR count). The van der Waals surface area contributed by atoms with Gasteiger partial charge in [-0.25, -0.2) is 0 Å². The predicted molar refractivity (Wildman–Crippen MR) is 43.7 cm³/mol. The van der Waals surface area contributed by atoms with Crippen LogP contribution in [0.25, 0.3) is 0 Å². The number of esters is 1. The highest BCUT2D eigenvalue weighted by Gasteiger charge is 2.32. The molecule has 0 spiro atoms. The van der Waals surface area contributed by atoms with E-state index in [-0.39, 0.29) is 10.8 Å². The zero-order valence-corrected chi connectivity index (χ0v) is 7.96. The number of ether oxygens (including phenoxy) is 2. The van der Waals surface area contributed by atoms with Crippen molar-refractivity contribution in [3.63, 3.8) is 0 Å². The Kier molecular flexibility index (Phi) is 3.33. The van der Waals surface area contributed by atoms with Gasteiger partial charge in [0.1, 0.15) is 4.83 Å². The van der Waals surface area contributed by atoms with Crippen molar-refractivity contribution < 1.29 is 14.3 Å². The molecule has 11 heavy (non-hydrogen) atoms. The van der Waals surface area contributed by atoms with Crippen LogP contribution in [0.4, 0.5) is 0 Å². The van der Waals surface area contributed by atoms with E-state index in [1.54, 1.807) is 6.92 Å². The van der Waals surface area contributed by atoms with Gasteiger partial charge in [0, 0.05) is 5.92 Å². The highest BCUT2D eigenvalue weighted by molar-refractivity contribution is 9.10. The second-order valence-electron chi connectivity index (χ2n) is 2.45. The molecule has 1 atom stereocenters. The molecule has 64 valence electrons. The van der Waals surface area contributed by atoms with Crippen LogP contribution in [0.2, 0.25) is 0 Å². The minimum absolute atomic E-state index is 0.180. The summed E-state index contributed by atoms with van der Waals surface area (Å²) < 4.78 is 9.77. The van der Waals surface area contributed by atoms with E-state index < -0.39 is 0 Å². The van der Waals surface area contributed by atoms with Gasteiger partial charge in [-0.15, -0.1) is 0 Å². The Morgan fingerprint density at radius 2 is 2.45 bits per heavy atom. The molecule has 0 aromatic rings. The molecule has 0 N–H and O–H groups in total. The third-order valence-corrected chi connectivity index (χ3v) is 2.71. The Hall–Kier alpha value is -0.0900. The quantitative estimate of drug-likeness (QED) is 0.528. The lowest BCUT2D eigenvalue weighted by molar-refractivity contribution is -0.147. The molecule has 3 nitrogen and oxygen atoms in total. The van der Waals surface area contributed by atoms with Gasteiger partial charge in [-0.3, -0.25) is 4.79 Å². The monoisotopic (exact) mass is 222 g/mol. The normalized spacial score (nSPS) is 20.5. The molecule has 0 bridgehead atoms. The van der Waals surface area contributed by atoms with Crippen molar-refractivity contribution in [1.82, 2.24) is 0 Å². The number of carbonyl (C=O) groups excluding carboxylic acids is 1. The van der Waals surface area contributed by atoms with Gasteiger partial charge in [-0.1, -0.05) is 15.9 Å². The SMILES string of the molecule is CCOC(=O)C(Br)C1COC1. The molecular formula is C7H11BrO3. The second kappa shape index (κ2) is 4.07. The molecule has 0 aromatic carbocycles. The van der Waals surface area contributed by atoms with Crippen molar-refractivity contribution in [3.8, 4) is 0 Å². The summed E-state index contributed by atoms with van der Waals surface area (Å²) in [6, 6.07) is 0. The van der Waals surface area contributed by atoms with E-state index in [0.29, 0.717) is 25.7 Å². The van der Waals surface area contributed by atoms with E-state index in [0.717, 1.165) is 0 Å². The summed E-state index contributed by atoms with van der Waals surface area (Å²) in [7, 11) is 0. The first-order chi connectivity index (χ1) is 5.25. The largest absolute Gasteiger partial charge is 0.465 e. The van der Waals surface area contributed by atoms with Crippen LogP contribution in [0.1, 0.15) is 6.92 Å². The molecule has 0 aromatic heterocycles. The number of halogens is 1. The lowest BCUT2D eigenvalue weighted by Crippen LogP contribution is -2.39. The highest BCUT2D eigenvalue weighted by Crippen LogP contribution is 2.22. The fourth-order valence-corrected chi connectivity index (χ4v) is 1.27. The fraction of sp³-hybridized carbons (Fsp3) is 0.857. The zero-order chi connectivity index (χ0) is 8.27. The molecular weight excluding hydrogens is 212 g/mol. The summed E-state index contributed by atoms with van der Waals surface area (Å²) in [5.41, 5.74) is 0. The van der Waals surface area contributed by atoms with Gasteiger partial charge < -0.3 is 9.47 Å². The van der Waals surface area contributed by atoms with Crippen LogP contribution in [0.5, 0.6) is 0 Å². The average molecular weight is 223 g/mol. The number of hydrogen-bond acceptors (Lipinski definition) is 3. The highest BCUT2D eigenvalue weighted by atomic mass is 79.9. The van der Waals surface area contributed by atoms with E-state index in [4.69, 9.17) is 9.47 Å². The number of alkyl halides is 1. The van der Waals surface area contributed by atoms with Gasteiger partial charge in [0.05, 0.1) is 19.8 Å². The Bertz CT molecular complexity index is 145. The molecule has 1 unspecified atom stereocenters. The Balaban J connectivity index is 2.27. The van der Waals surface area contributed by atoms with Gasteiger partial charge in [0.15, 0.2) is 0 Å². The van der Waals surface area contributed by atoms with Gasteiger partial charge >= 0.3 is 5.97 Å². The maximum absolute atomic E-state index is 11.1. The fourth-order valence-electron chi connectivity index (χ4n) is 0.837. The first-order valence-corrected chi connectivity index (χ1v) is 4.55. The maximum Gasteiger partial charge on any atom is 0.320 e. The number of rotatable bonds is 3. The second-order valence-corrected chi connectivity index (χ2v) is 3.44. The van der Waals surface area contributed by atoms with Crippen LogP contribution >= 0.6 is 15.9 Å². The van der Waals surface area contributed by atoms with E-state index in [9.17, 15) is 4.79 Å². The Labute approximate surface area is 74.2 Å². The molecule has 1 heterocycles. The Morgan fingerprint density at radius 1 is 1.82 bits per heavy atom. The maximum atomic E-state index is 11.1. The standard InChI is InChI=1S/C7H11BrO3/c1-2-11-7(9)6(8)5-3-10-4-5/h5-6H,2-4H2,1H3. The summed E-state index contributed by atoms with van der Waals surface area (Å²) in [4.78, 5) is 10.9. The van der Waals surface area contributed by atoms with Gasteiger partial charge in [-0.2, -0.15) is 0 Å². The number of carbonyl (C=O) groups is 1. The molecule has 0 aliphatic carbocycles. The van der Waals surface area contributed by atoms with Crippen molar-refractivity contribution in [2.24, 2.45) is 5.92 Å². The van der Waals surface area contributed by atoms with Crippen LogP contribution in [-0.4, -0.2) is 30.6 Å². The molecule has 1 aliphatic heterocycles. The average Bonchev–Trinajstić information content (AvgIpc) is 1.84. The summed E-state index contributed by atoms with van der Waals surface area (Å²) in [5, 5.41) is 0. The van der Waals surface area contributed by atoms with Crippen molar-refractivity contribution in [3.05, 3.63) is 0 Å². The smallest absolute Gasteiger partial charge is 0.320 e. The molecule has 4 heteroatoms. The topological polar surface area (TPSA) is 35.5 Å². The van der Waals surface area contributed by atoms with Gasteiger partial charge in [0.25, 0.3) is 0 Å². The molecule has 1 fully saturated rings. The van der Waals surface area contributed by atoms with Gasteiger partial charge in [-0.05, 0) is 6.92 Å². The minimum atomic E-state index is -0.184. The third kappa shape index (κ3) is 2.17. The van der Waals surface area contributed by atoms with Crippen molar-refractivity contribution in [2.45, 2.75) is 11.8 Å². The van der Waals surface area contributed by atoms with E-state index in [1.165, 1.54) is 0 Å². The molecule has 0 amide bonds. The molecule has 1 saturated heterocycles. The van der Waals surface area contributed by atoms with Crippen LogP contribution < -0.4 is 0 Å². The minimum Gasteiger partial charge on any atom is -0.465 e. The van der Waals surface area contributed by atoms with Crippen molar-refractivity contribution >= 4 is 21.9 Å². The molecule has 1 aliphatic rings. The van der Waals surface area contributed by atoms with Crippen molar-refractivity contribution in [1.29, 1.82) is 0 Å². The summed E-state index contributed by atoms with van der Waals surface area (Å²) in [6.07, 6.45) is 0. The van der Waals surface area contributed by atoms with E-state index in [1.807, 2.05) is 0 Å². The summed E-state index contributed by atoms with van der Waals surface area (Å²) in [5.74, 6) is 0.120. The van der Waals surface area contributed by atoms with E-state index in [2.05, 4.69) is 15.9 Å². The first-order valence-electron chi connectivity index (χ1n) is 3.64. The van der Waals surface area contributed by atoms with E-state index >= 15 is 0 Å². The summed E-state index contributed by atoms with van der Waals surface area (Å²) in [6.45, 7) is 3.56. The van der Waals surface area contributed by atoms with Crippen LogP contribution in [0.3, 0.4) is 0 Å². The first kappa shape index (κ1) is 9.00. The molecule has 0 radical (unpaired) electrons. The van der Waals surface area contributed by atoms with Crippen LogP contribution in [0.15, 0.2) is 0 Å². The number of hydrogen-bond donors (Lipinski definition) is 0. The predicted octanol–water partition coefficient (Wildman–Crippen LogP) is 0.959. The Morgan fingerprint density at radius 3 is 2.82 bits per heavy atom. The lowest BCUT2D eigenvalue weighted by Gasteiger charge is -2.28. The van der Waals surface area contributed by atoms with Crippen LogP contribution in [0, 0.1) is 5.92 Å². The lowest BCUT2D eigenvalue weighted by atomic mass is 10.0. The molecule has 0 saturated carbocycles. The van der Waals surface area contributed by atoms with Crippen molar-refractivity contribution in [2.75, 3.05) is 19.8 Å². The van der Waals surface area contributed by atoms with Crippen LogP contribution in [-0.2, 0) is 14.3 Å². The zero-order valence-electron chi connectivity index (χ0n) is 6.38. The van der Waals surface area contributed by atoms with Gasteiger partial charge in [0.2, 0.25) is 0 Å².